The number of carbonyl (C=O) groups is 2. The minimum Gasteiger partial charge on any atom is -0.457 e. The number of amides is 3. The van der Waals surface area contributed by atoms with E-state index < -0.39 is 17.2 Å². The number of rotatable bonds is 7. The minimum atomic E-state index is -0.878. The highest BCUT2D eigenvalue weighted by Gasteiger charge is 2.18. The van der Waals surface area contributed by atoms with Gasteiger partial charge < -0.3 is 15.8 Å². The number of ether oxygens (including phenoxy) is 1. The smallest absolute Gasteiger partial charge is 0.318 e. The Morgan fingerprint density at radius 1 is 1.07 bits per heavy atom. The standard InChI is InChI=1S/C18H17N5O3S2/c1-11(15(24)21-16(19)25)27-18-23-22-17(28-18)20-12-7-9-14(10-8-12)26-13-5-3-2-4-6-13/h2-11H,1H3,(H,20,22)(H3,19,21,24,25). The molecule has 10 heteroatoms. The number of nitrogens with zero attached hydrogens (tertiary/aromatic N) is 2. The van der Waals surface area contributed by atoms with Crippen molar-refractivity contribution >= 4 is 45.9 Å². The van der Waals surface area contributed by atoms with Crippen LogP contribution >= 0.6 is 23.1 Å². The van der Waals surface area contributed by atoms with Crippen LogP contribution in [-0.2, 0) is 4.79 Å². The number of imide groups is 1. The molecule has 28 heavy (non-hydrogen) atoms. The van der Waals surface area contributed by atoms with Crippen LogP contribution in [0.1, 0.15) is 6.92 Å². The van der Waals surface area contributed by atoms with Crippen LogP contribution in [0.15, 0.2) is 58.9 Å². The molecule has 1 aromatic heterocycles. The van der Waals surface area contributed by atoms with Gasteiger partial charge in [-0.3, -0.25) is 10.1 Å². The van der Waals surface area contributed by atoms with Gasteiger partial charge in [0.25, 0.3) is 0 Å². The van der Waals surface area contributed by atoms with Gasteiger partial charge in [-0.15, -0.1) is 10.2 Å². The Hall–Kier alpha value is -3.11. The van der Waals surface area contributed by atoms with Crippen LogP contribution in [-0.4, -0.2) is 27.4 Å². The molecule has 2 aromatic carbocycles. The van der Waals surface area contributed by atoms with Crippen molar-refractivity contribution in [2.45, 2.75) is 16.5 Å². The van der Waals surface area contributed by atoms with Gasteiger partial charge in [0.1, 0.15) is 11.5 Å². The fraction of sp³-hybridized carbons (Fsp3) is 0.111. The van der Waals surface area contributed by atoms with Crippen molar-refractivity contribution in [2.24, 2.45) is 5.73 Å². The van der Waals surface area contributed by atoms with E-state index in [1.165, 1.54) is 23.1 Å². The maximum Gasteiger partial charge on any atom is 0.318 e. The number of para-hydroxylation sites is 1. The number of nitrogens with one attached hydrogen (secondary N) is 2. The van der Waals surface area contributed by atoms with Crippen molar-refractivity contribution < 1.29 is 14.3 Å². The summed E-state index contributed by atoms with van der Waals surface area (Å²) in [5.74, 6) is 1.01. The first-order valence-corrected chi connectivity index (χ1v) is 9.89. The van der Waals surface area contributed by atoms with E-state index in [4.69, 9.17) is 10.5 Å². The monoisotopic (exact) mass is 415 g/mol. The van der Waals surface area contributed by atoms with Gasteiger partial charge in [0.2, 0.25) is 11.0 Å². The molecule has 1 unspecified atom stereocenters. The second-order valence-electron chi connectivity index (χ2n) is 5.55. The predicted molar refractivity (Wildman–Crippen MR) is 109 cm³/mol. The Morgan fingerprint density at radius 2 is 1.75 bits per heavy atom. The van der Waals surface area contributed by atoms with E-state index in [-0.39, 0.29) is 0 Å². The summed E-state index contributed by atoms with van der Waals surface area (Å²) < 4.78 is 6.35. The number of carbonyl (C=O) groups excluding carboxylic acids is 2. The lowest BCUT2D eigenvalue weighted by Crippen LogP contribution is -2.39. The molecule has 4 N–H and O–H groups in total. The third-order valence-corrected chi connectivity index (χ3v) is 5.41. The Kier molecular flexibility index (Phi) is 6.45. The number of nitrogens with two attached hydrogens (primary N) is 1. The highest BCUT2D eigenvalue weighted by molar-refractivity contribution is 8.02. The summed E-state index contributed by atoms with van der Waals surface area (Å²) in [6.45, 7) is 1.66. The average Bonchev–Trinajstić information content (AvgIpc) is 3.10. The molecule has 144 valence electrons. The summed E-state index contributed by atoms with van der Waals surface area (Å²) in [7, 11) is 0. The zero-order chi connectivity index (χ0) is 19.9. The van der Waals surface area contributed by atoms with Crippen molar-refractivity contribution in [2.75, 3.05) is 5.32 Å². The Balaban J connectivity index is 1.56. The van der Waals surface area contributed by atoms with Gasteiger partial charge in [-0.1, -0.05) is 41.3 Å². The molecule has 3 aromatic rings. The number of hydrogen-bond acceptors (Lipinski definition) is 8. The molecule has 1 heterocycles. The Labute approximate surface area is 169 Å². The van der Waals surface area contributed by atoms with Crippen LogP contribution in [0.3, 0.4) is 0 Å². The maximum atomic E-state index is 11.7. The number of aromatic nitrogens is 2. The topological polar surface area (TPSA) is 119 Å². The Morgan fingerprint density at radius 3 is 2.43 bits per heavy atom. The molecule has 8 nitrogen and oxygen atoms in total. The van der Waals surface area contributed by atoms with Gasteiger partial charge >= 0.3 is 6.03 Å². The Bertz CT molecular complexity index is 947. The minimum absolute atomic E-state index is 0.476. The fourth-order valence-corrected chi connectivity index (χ4v) is 4.01. The van der Waals surface area contributed by atoms with Crippen LogP contribution < -0.4 is 21.1 Å². The molecule has 3 rings (SSSR count). The van der Waals surface area contributed by atoms with Gasteiger partial charge in [0, 0.05) is 5.69 Å². The lowest BCUT2D eigenvalue weighted by atomic mass is 10.3. The quantitative estimate of drug-likeness (QED) is 0.503. The molecule has 0 spiro atoms. The summed E-state index contributed by atoms with van der Waals surface area (Å²) in [5, 5.41) is 13.3. The number of anilines is 2. The van der Waals surface area contributed by atoms with E-state index in [1.807, 2.05) is 59.9 Å². The number of urea groups is 1. The van der Waals surface area contributed by atoms with Crippen molar-refractivity contribution in [1.29, 1.82) is 0 Å². The van der Waals surface area contributed by atoms with E-state index in [1.54, 1.807) is 6.92 Å². The average molecular weight is 416 g/mol. The first-order chi connectivity index (χ1) is 13.5. The molecular weight excluding hydrogens is 398 g/mol. The van der Waals surface area contributed by atoms with Gasteiger partial charge in [0.05, 0.1) is 5.25 Å². The van der Waals surface area contributed by atoms with Crippen LogP contribution in [0, 0.1) is 0 Å². The van der Waals surface area contributed by atoms with E-state index in [2.05, 4.69) is 15.5 Å². The van der Waals surface area contributed by atoms with Gasteiger partial charge in [-0.25, -0.2) is 4.79 Å². The van der Waals surface area contributed by atoms with Gasteiger partial charge in [-0.05, 0) is 43.3 Å². The highest BCUT2D eigenvalue weighted by atomic mass is 32.2. The molecule has 0 saturated heterocycles. The van der Waals surface area contributed by atoms with Crippen molar-refractivity contribution in [3.63, 3.8) is 0 Å². The molecule has 0 radical (unpaired) electrons. The normalized spacial score (nSPS) is 11.5. The number of hydrogen-bond donors (Lipinski definition) is 3. The van der Waals surface area contributed by atoms with Crippen molar-refractivity contribution in [3.8, 4) is 11.5 Å². The van der Waals surface area contributed by atoms with Gasteiger partial charge in [-0.2, -0.15) is 0 Å². The van der Waals surface area contributed by atoms with Crippen LogP contribution in [0.25, 0.3) is 0 Å². The van der Waals surface area contributed by atoms with Crippen LogP contribution in [0.2, 0.25) is 0 Å². The molecule has 0 aliphatic rings. The summed E-state index contributed by atoms with van der Waals surface area (Å²) >= 11 is 2.50. The SMILES string of the molecule is CC(Sc1nnc(Nc2ccc(Oc3ccccc3)cc2)s1)C(=O)NC(N)=O. The van der Waals surface area contributed by atoms with Gasteiger partial charge in [0.15, 0.2) is 4.34 Å². The fourth-order valence-electron chi connectivity index (χ4n) is 2.09. The van der Waals surface area contributed by atoms with E-state index in [0.717, 1.165) is 17.2 Å². The summed E-state index contributed by atoms with van der Waals surface area (Å²) in [6.07, 6.45) is 0. The first kappa shape index (κ1) is 19.6. The third-order valence-electron chi connectivity index (χ3n) is 3.38. The van der Waals surface area contributed by atoms with Crippen molar-refractivity contribution in [1.82, 2.24) is 15.5 Å². The zero-order valence-corrected chi connectivity index (χ0v) is 16.4. The zero-order valence-electron chi connectivity index (χ0n) is 14.8. The van der Waals surface area contributed by atoms with E-state index in [9.17, 15) is 9.59 Å². The summed E-state index contributed by atoms with van der Waals surface area (Å²) in [5.41, 5.74) is 5.77. The highest BCUT2D eigenvalue weighted by Crippen LogP contribution is 2.31. The number of thioether (sulfide) groups is 1. The summed E-state index contributed by atoms with van der Waals surface area (Å²) in [4.78, 5) is 22.5. The largest absolute Gasteiger partial charge is 0.457 e. The molecule has 0 aliphatic carbocycles. The van der Waals surface area contributed by atoms with Crippen LogP contribution in [0.5, 0.6) is 11.5 Å². The lowest BCUT2D eigenvalue weighted by Gasteiger charge is -2.07. The molecule has 3 amide bonds. The summed E-state index contributed by atoms with van der Waals surface area (Å²) in [6, 6.07) is 16.1. The molecule has 0 aliphatic heterocycles. The molecule has 0 fully saturated rings. The van der Waals surface area contributed by atoms with E-state index in [0.29, 0.717) is 9.47 Å². The second-order valence-corrected chi connectivity index (χ2v) is 8.12. The van der Waals surface area contributed by atoms with Crippen molar-refractivity contribution in [3.05, 3.63) is 54.6 Å². The predicted octanol–water partition coefficient (Wildman–Crippen LogP) is 3.75. The molecule has 0 saturated carbocycles. The van der Waals surface area contributed by atoms with Crippen LogP contribution in [0.4, 0.5) is 15.6 Å². The van der Waals surface area contributed by atoms with E-state index >= 15 is 0 Å². The lowest BCUT2D eigenvalue weighted by molar-refractivity contribution is -0.119. The molecule has 1 atom stereocenters. The number of primary amides is 1. The molecular formula is C18H17N5O3S2. The maximum absolute atomic E-state index is 11.7. The third kappa shape index (κ3) is 5.69. The first-order valence-electron chi connectivity index (χ1n) is 8.20. The molecule has 0 bridgehead atoms. The second kappa shape index (κ2) is 9.20. The number of benzene rings is 2.